The number of likely N-dealkylation sites (tertiary alicyclic amines) is 1. The minimum Gasteiger partial charge on any atom is -0.397 e. The molecule has 1 saturated carbocycles. The van der Waals surface area contributed by atoms with E-state index < -0.39 is 0 Å². The van der Waals surface area contributed by atoms with E-state index in [2.05, 4.69) is 10.2 Å². The summed E-state index contributed by atoms with van der Waals surface area (Å²) in [5.41, 5.74) is 7.54. The minimum atomic E-state index is -0.187. The number of thiophene rings is 1. The van der Waals surface area contributed by atoms with Crippen molar-refractivity contribution in [1.82, 2.24) is 15.2 Å². The Morgan fingerprint density at radius 2 is 1.93 bits per heavy atom. The van der Waals surface area contributed by atoms with Crippen molar-refractivity contribution in [3.63, 3.8) is 0 Å². The molecule has 1 aliphatic carbocycles. The Bertz CT molecular complexity index is 872. The van der Waals surface area contributed by atoms with Crippen LogP contribution in [-0.4, -0.2) is 35.3 Å². The third-order valence-corrected chi connectivity index (χ3v) is 6.99. The second kappa shape index (κ2) is 7.46. The van der Waals surface area contributed by atoms with Crippen molar-refractivity contribution >= 4 is 39.1 Å². The zero-order chi connectivity index (χ0) is 19.0. The van der Waals surface area contributed by atoms with Crippen LogP contribution in [0.5, 0.6) is 0 Å². The van der Waals surface area contributed by atoms with Crippen LogP contribution < -0.4 is 11.1 Å². The molecule has 1 saturated heterocycles. The van der Waals surface area contributed by atoms with Gasteiger partial charge in [0, 0.05) is 24.9 Å². The number of anilines is 1. The maximum atomic E-state index is 13.1. The van der Waals surface area contributed by atoms with Gasteiger partial charge in [-0.1, -0.05) is 12.8 Å². The van der Waals surface area contributed by atoms with Gasteiger partial charge in [-0.3, -0.25) is 9.59 Å². The number of carbonyl (C=O) groups excluding carboxylic acids is 2. The Kier molecular flexibility index (Phi) is 5.04. The summed E-state index contributed by atoms with van der Waals surface area (Å²) in [5, 5.41) is 3.44. The first-order valence-corrected chi connectivity index (χ1v) is 10.6. The molecule has 0 unspecified atom stereocenters. The number of fused-ring (bicyclic) bond motifs is 1. The van der Waals surface area contributed by atoms with Gasteiger partial charge in [-0.15, -0.1) is 11.3 Å². The van der Waals surface area contributed by atoms with Gasteiger partial charge in [-0.05, 0) is 44.2 Å². The van der Waals surface area contributed by atoms with Crippen molar-refractivity contribution < 1.29 is 9.59 Å². The Balaban J connectivity index is 1.66. The third kappa shape index (κ3) is 3.29. The average molecular weight is 387 g/mol. The van der Waals surface area contributed by atoms with Crippen LogP contribution in [0.4, 0.5) is 5.69 Å². The molecule has 2 fully saturated rings. The van der Waals surface area contributed by atoms with Gasteiger partial charge in [0.2, 0.25) is 5.91 Å². The number of nitrogens with zero attached hydrogens (tertiary/aromatic N) is 2. The average Bonchev–Trinajstić information content (AvgIpc) is 3.35. The first kappa shape index (κ1) is 18.2. The van der Waals surface area contributed by atoms with Crippen molar-refractivity contribution in [3.8, 4) is 0 Å². The van der Waals surface area contributed by atoms with E-state index in [4.69, 9.17) is 10.7 Å². The first-order chi connectivity index (χ1) is 13.1. The number of nitrogen functional groups attached to an aromatic ring is 1. The normalized spacial score (nSPS) is 20.9. The predicted molar refractivity (Wildman–Crippen MR) is 108 cm³/mol. The number of amides is 2. The van der Waals surface area contributed by atoms with Crippen molar-refractivity contribution in [1.29, 1.82) is 0 Å². The molecular formula is C20H26N4O2S. The fourth-order valence-electron chi connectivity index (χ4n) is 4.39. The molecule has 0 aromatic carbocycles. The lowest BCUT2D eigenvalue weighted by atomic mass is 9.95. The quantitative estimate of drug-likeness (QED) is 0.845. The van der Waals surface area contributed by atoms with E-state index in [0.717, 1.165) is 67.4 Å². The highest BCUT2D eigenvalue weighted by molar-refractivity contribution is 7.21. The fourth-order valence-corrected chi connectivity index (χ4v) is 5.44. The number of nitrogens with two attached hydrogens (primary N) is 1. The van der Waals surface area contributed by atoms with E-state index in [0.29, 0.717) is 16.5 Å². The minimum absolute atomic E-state index is 0.0306. The van der Waals surface area contributed by atoms with Crippen molar-refractivity contribution in [2.24, 2.45) is 5.92 Å². The molecule has 1 atom stereocenters. The lowest BCUT2D eigenvalue weighted by Crippen LogP contribution is -2.41. The molecular weight excluding hydrogens is 360 g/mol. The van der Waals surface area contributed by atoms with E-state index in [1.165, 1.54) is 11.3 Å². The van der Waals surface area contributed by atoms with Crippen LogP contribution in [0, 0.1) is 5.92 Å². The summed E-state index contributed by atoms with van der Waals surface area (Å²) >= 11 is 1.32. The Hall–Kier alpha value is -2.15. The van der Waals surface area contributed by atoms with Crippen LogP contribution in [0.15, 0.2) is 12.1 Å². The summed E-state index contributed by atoms with van der Waals surface area (Å²) in [5.74, 6) is 0.301. The number of piperidine rings is 1. The van der Waals surface area contributed by atoms with Crippen LogP contribution in [0.25, 0.3) is 10.2 Å². The number of hydrogen-bond acceptors (Lipinski definition) is 5. The molecule has 0 radical (unpaired) electrons. The zero-order valence-electron chi connectivity index (χ0n) is 15.7. The van der Waals surface area contributed by atoms with Crippen LogP contribution in [0.3, 0.4) is 0 Å². The fraction of sp³-hybridized carbons (Fsp3) is 0.550. The van der Waals surface area contributed by atoms with Crippen LogP contribution in [-0.2, 0) is 4.79 Å². The van der Waals surface area contributed by atoms with Gasteiger partial charge in [0.25, 0.3) is 5.91 Å². The predicted octanol–water partition coefficient (Wildman–Crippen LogP) is 3.48. The molecule has 6 nitrogen and oxygen atoms in total. The number of hydrogen-bond donors (Lipinski definition) is 2. The summed E-state index contributed by atoms with van der Waals surface area (Å²) in [6, 6.07) is 3.95. The second-order valence-electron chi connectivity index (χ2n) is 7.54. The molecule has 4 rings (SSSR count). The van der Waals surface area contributed by atoms with E-state index >= 15 is 0 Å². The number of carbonyl (C=O) groups is 2. The second-order valence-corrected chi connectivity index (χ2v) is 8.54. The number of aromatic nitrogens is 1. The SMILES string of the molecule is CNC(=O)c1sc2nc([C@H]3CCCCN3C(=O)C3CCCC3)ccc2c1N. The van der Waals surface area contributed by atoms with Gasteiger partial charge >= 0.3 is 0 Å². The lowest BCUT2D eigenvalue weighted by Gasteiger charge is -2.37. The maximum absolute atomic E-state index is 13.1. The Morgan fingerprint density at radius 1 is 1.19 bits per heavy atom. The molecule has 3 heterocycles. The molecule has 2 aromatic rings. The third-order valence-electron chi connectivity index (χ3n) is 5.88. The lowest BCUT2D eigenvalue weighted by molar-refractivity contribution is -0.139. The van der Waals surface area contributed by atoms with Gasteiger partial charge < -0.3 is 16.0 Å². The first-order valence-electron chi connectivity index (χ1n) is 9.81. The molecule has 2 amide bonds. The standard InChI is InChI=1S/C20H26N4O2S/c1-22-18(25)17-16(21)13-9-10-14(23-19(13)27-17)15-8-4-5-11-24(15)20(26)12-6-2-3-7-12/h9-10,12,15H,2-8,11,21H2,1H3,(H,22,25)/t15-/m1/s1. The molecule has 0 spiro atoms. The molecule has 3 N–H and O–H groups in total. The van der Waals surface area contributed by atoms with E-state index in [9.17, 15) is 9.59 Å². The maximum Gasteiger partial charge on any atom is 0.263 e. The summed E-state index contributed by atoms with van der Waals surface area (Å²) < 4.78 is 0. The molecule has 1 aliphatic heterocycles. The number of pyridine rings is 1. The molecule has 144 valence electrons. The largest absolute Gasteiger partial charge is 0.397 e. The molecule has 7 heteroatoms. The van der Waals surface area contributed by atoms with Crippen molar-refractivity contribution in [2.45, 2.75) is 51.0 Å². The van der Waals surface area contributed by atoms with E-state index in [1.807, 2.05) is 12.1 Å². The van der Waals surface area contributed by atoms with Gasteiger partial charge in [0.05, 0.1) is 17.4 Å². The summed E-state index contributed by atoms with van der Waals surface area (Å²) in [7, 11) is 1.60. The van der Waals surface area contributed by atoms with Crippen molar-refractivity contribution in [2.75, 3.05) is 19.3 Å². The zero-order valence-corrected chi connectivity index (χ0v) is 16.5. The van der Waals surface area contributed by atoms with Crippen LogP contribution in [0.2, 0.25) is 0 Å². The highest BCUT2D eigenvalue weighted by atomic mass is 32.1. The molecule has 2 aromatic heterocycles. The van der Waals surface area contributed by atoms with E-state index in [1.54, 1.807) is 7.05 Å². The Labute approximate surface area is 163 Å². The van der Waals surface area contributed by atoms with Gasteiger partial charge in [-0.2, -0.15) is 0 Å². The highest BCUT2D eigenvalue weighted by Gasteiger charge is 2.34. The molecule has 27 heavy (non-hydrogen) atoms. The molecule has 0 bridgehead atoms. The highest BCUT2D eigenvalue weighted by Crippen LogP contribution is 2.38. The van der Waals surface area contributed by atoms with Crippen LogP contribution in [0.1, 0.15) is 66.4 Å². The summed E-state index contributed by atoms with van der Waals surface area (Å²) in [6.07, 6.45) is 7.47. The number of nitrogens with one attached hydrogen (secondary N) is 1. The van der Waals surface area contributed by atoms with Crippen LogP contribution >= 0.6 is 11.3 Å². The number of rotatable bonds is 3. The topological polar surface area (TPSA) is 88.3 Å². The van der Waals surface area contributed by atoms with Gasteiger partial charge in [0.15, 0.2) is 0 Å². The summed E-state index contributed by atoms with van der Waals surface area (Å²) in [4.78, 5) is 33.2. The monoisotopic (exact) mass is 386 g/mol. The summed E-state index contributed by atoms with van der Waals surface area (Å²) in [6.45, 7) is 0.815. The van der Waals surface area contributed by atoms with Gasteiger partial charge in [-0.25, -0.2) is 4.98 Å². The molecule has 2 aliphatic rings. The Morgan fingerprint density at radius 3 is 2.67 bits per heavy atom. The van der Waals surface area contributed by atoms with Gasteiger partial charge in [0.1, 0.15) is 9.71 Å². The van der Waals surface area contributed by atoms with E-state index in [-0.39, 0.29) is 17.9 Å². The van der Waals surface area contributed by atoms with Crippen molar-refractivity contribution in [3.05, 3.63) is 22.7 Å². The smallest absolute Gasteiger partial charge is 0.263 e.